The van der Waals surface area contributed by atoms with Crippen molar-refractivity contribution < 1.29 is 48.6 Å². The van der Waals surface area contributed by atoms with E-state index in [9.17, 15) is 24.9 Å². The Morgan fingerprint density at radius 3 is 2.56 bits per heavy atom. The molecule has 216 valence electrons. The van der Waals surface area contributed by atoms with Gasteiger partial charge in [-0.15, -0.1) is 0 Å². The van der Waals surface area contributed by atoms with Crippen LogP contribution in [-0.4, -0.2) is 95.4 Å². The summed E-state index contributed by atoms with van der Waals surface area (Å²) >= 11 is 0. The molecule has 0 unspecified atom stereocenters. The Bertz CT molecular complexity index is 1060. The smallest absolute Gasteiger partial charge is 0.335 e. The molecule has 2 saturated heterocycles. The third-order valence-electron chi connectivity index (χ3n) is 9.83. The van der Waals surface area contributed by atoms with E-state index >= 15 is 0 Å². The van der Waals surface area contributed by atoms with Crippen LogP contribution in [0.15, 0.2) is 36.0 Å². The molecule has 10 heteroatoms. The van der Waals surface area contributed by atoms with E-state index in [-0.39, 0.29) is 25.7 Å². The fourth-order valence-electron chi connectivity index (χ4n) is 7.05. The minimum Gasteiger partial charge on any atom is -0.463 e. The molecule has 0 aromatic carbocycles. The van der Waals surface area contributed by atoms with Gasteiger partial charge in [0, 0.05) is 24.5 Å². The molecule has 5 rings (SSSR count). The average Bonchev–Trinajstić information content (AvgIpc) is 3.67. The summed E-state index contributed by atoms with van der Waals surface area (Å²) in [4.78, 5) is 26.1. The van der Waals surface area contributed by atoms with Crippen molar-refractivity contribution >= 4 is 11.9 Å². The van der Waals surface area contributed by atoms with Crippen molar-refractivity contribution in [3.8, 4) is 0 Å². The zero-order valence-electron chi connectivity index (χ0n) is 22.9. The molecule has 39 heavy (non-hydrogen) atoms. The monoisotopic (exact) mass is 548 g/mol. The lowest BCUT2D eigenvalue weighted by Crippen LogP contribution is -2.68. The van der Waals surface area contributed by atoms with Gasteiger partial charge in [-0.2, -0.15) is 0 Å². The normalized spacial score (nSPS) is 49.0. The number of epoxide rings is 1. The number of aliphatic hydroxyl groups excluding tert-OH is 3. The summed E-state index contributed by atoms with van der Waals surface area (Å²) in [5.41, 5.74) is -1.79. The van der Waals surface area contributed by atoms with Crippen molar-refractivity contribution in [2.75, 3.05) is 19.8 Å². The summed E-state index contributed by atoms with van der Waals surface area (Å²) < 4.78 is 30.2. The fourth-order valence-corrected chi connectivity index (χ4v) is 7.05. The topological polar surface area (TPSA) is 144 Å². The second kappa shape index (κ2) is 10.4. The number of hydrogen-bond acceptors (Lipinski definition) is 10. The van der Waals surface area contributed by atoms with Gasteiger partial charge in [0.15, 0.2) is 6.10 Å². The lowest BCUT2D eigenvalue weighted by atomic mass is 9.51. The zero-order valence-corrected chi connectivity index (χ0v) is 22.9. The van der Waals surface area contributed by atoms with Gasteiger partial charge >= 0.3 is 11.9 Å². The molecule has 2 aliphatic carbocycles. The van der Waals surface area contributed by atoms with Crippen LogP contribution in [0.4, 0.5) is 0 Å². The molecule has 0 aromatic rings. The van der Waals surface area contributed by atoms with Crippen LogP contribution in [-0.2, 0) is 33.3 Å². The second-order valence-electron chi connectivity index (χ2n) is 12.0. The summed E-state index contributed by atoms with van der Waals surface area (Å²) in [7, 11) is 0. The lowest BCUT2D eigenvalue weighted by Gasteiger charge is -2.58. The fraction of sp³-hybridized carbons (Fsp3) is 0.724. The van der Waals surface area contributed by atoms with Gasteiger partial charge in [-0.1, -0.05) is 38.2 Å². The third-order valence-corrected chi connectivity index (χ3v) is 9.83. The Balaban J connectivity index is 1.53. The number of ether oxygens (including phenoxy) is 5. The predicted molar refractivity (Wildman–Crippen MR) is 137 cm³/mol. The quantitative estimate of drug-likeness (QED) is 0.250. The lowest BCUT2D eigenvalue weighted by molar-refractivity contribution is -0.240. The number of hydrogen-bond donors (Lipinski definition) is 3. The minimum atomic E-state index is -1.40. The minimum absolute atomic E-state index is 0.150. The van der Waals surface area contributed by atoms with Crippen molar-refractivity contribution in [2.45, 2.75) is 95.3 Å². The van der Waals surface area contributed by atoms with Crippen LogP contribution in [0.2, 0.25) is 0 Å². The van der Waals surface area contributed by atoms with Crippen LogP contribution in [0.1, 0.15) is 47.0 Å². The van der Waals surface area contributed by atoms with Crippen molar-refractivity contribution in [3.05, 3.63) is 36.0 Å². The summed E-state index contributed by atoms with van der Waals surface area (Å²) in [6.07, 6.45) is 3.82. The summed E-state index contributed by atoms with van der Waals surface area (Å²) in [5.74, 6) is -1.81. The van der Waals surface area contributed by atoms with Crippen LogP contribution in [0, 0.1) is 16.7 Å². The van der Waals surface area contributed by atoms with Crippen molar-refractivity contribution in [3.63, 3.8) is 0 Å². The maximum Gasteiger partial charge on any atom is 0.335 e. The number of esters is 2. The van der Waals surface area contributed by atoms with E-state index in [1.807, 2.05) is 19.9 Å². The molecule has 10 nitrogen and oxygen atoms in total. The molecule has 0 radical (unpaired) electrons. The van der Waals surface area contributed by atoms with E-state index in [2.05, 4.69) is 0 Å². The van der Waals surface area contributed by atoms with E-state index in [4.69, 9.17) is 23.7 Å². The Morgan fingerprint density at radius 2 is 1.87 bits per heavy atom. The van der Waals surface area contributed by atoms with E-state index in [1.54, 1.807) is 26.0 Å². The molecule has 3 N–H and O–H groups in total. The highest BCUT2D eigenvalue weighted by molar-refractivity contribution is 5.82. The van der Waals surface area contributed by atoms with Gasteiger partial charge in [-0.05, 0) is 38.2 Å². The highest BCUT2D eigenvalue weighted by atomic mass is 16.6. The molecule has 5 aliphatic rings. The van der Waals surface area contributed by atoms with Crippen LogP contribution >= 0.6 is 0 Å². The molecule has 3 aliphatic heterocycles. The highest BCUT2D eigenvalue weighted by Gasteiger charge is 2.83. The van der Waals surface area contributed by atoms with Gasteiger partial charge in [0.1, 0.15) is 24.4 Å². The van der Waals surface area contributed by atoms with E-state index in [1.165, 1.54) is 12.2 Å². The molecule has 0 amide bonds. The Kier molecular flexibility index (Phi) is 7.58. The molecule has 11 atom stereocenters. The first-order valence-electron chi connectivity index (χ1n) is 13.8. The third kappa shape index (κ3) is 4.59. The maximum absolute atomic E-state index is 13.1. The van der Waals surface area contributed by atoms with Gasteiger partial charge in [-0.3, -0.25) is 0 Å². The van der Waals surface area contributed by atoms with Gasteiger partial charge in [0.05, 0.1) is 36.4 Å². The Labute approximate surface area is 228 Å². The first-order chi connectivity index (χ1) is 18.4. The van der Waals surface area contributed by atoms with Crippen LogP contribution in [0.25, 0.3) is 0 Å². The number of allylic oxidation sites excluding steroid dienone is 2. The van der Waals surface area contributed by atoms with Gasteiger partial charge < -0.3 is 39.0 Å². The summed E-state index contributed by atoms with van der Waals surface area (Å²) in [6.45, 7) is 7.58. The number of cyclic esters (lactones) is 1. The van der Waals surface area contributed by atoms with E-state index < -0.39 is 70.9 Å². The Morgan fingerprint density at radius 1 is 1.13 bits per heavy atom. The molecule has 3 fully saturated rings. The molecule has 2 bridgehead atoms. The molecule has 3 heterocycles. The van der Waals surface area contributed by atoms with Crippen LogP contribution in [0.5, 0.6) is 0 Å². The molecular formula is C29H40O10. The molecule has 0 aromatic heterocycles. The largest absolute Gasteiger partial charge is 0.463 e. The molecule has 1 saturated carbocycles. The van der Waals surface area contributed by atoms with Crippen molar-refractivity contribution in [1.82, 2.24) is 0 Å². The van der Waals surface area contributed by atoms with Gasteiger partial charge in [0.2, 0.25) is 0 Å². The average molecular weight is 549 g/mol. The summed E-state index contributed by atoms with van der Waals surface area (Å²) in [6, 6.07) is 0. The Hall–Kier alpha value is -2.08. The SMILES string of the molecule is CC1=C[C@H]2O[C@@H]3C[C@H]4OC(=O)/C=C\C=C\[C@H]([C@H](C)O)OCC[C@@H](C)[C@@H](O)C(=O)OC[C@@]2(C[C@H]1O)[C@]4(C)[C@]31CO1. The number of carbonyl (C=O) groups excluding carboxylic acids is 2. The predicted octanol–water partition coefficient (Wildman–Crippen LogP) is 1.36. The number of carbonyl (C=O) groups is 2. The van der Waals surface area contributed by atoms with Crippen molar-refractivity contribution in [2.24, 2.45) is 16.7 Å². The second-order valence-corrected chi connectivity index (χ2v) is 12.0. The number of aliphatic hydroxyl groups is 3. The van der Waals surface area contributed by atoms with Crippen LogP contribution < -0.4 is 0 Å². The van der Waals surface area contributed by atoms with E-state index in [0.717, 1.165) is 5.57 Å². The van der Waals surface area contributed by atoms with Crippen LogP contribution in [0.3, 0.4) is 0 Å². The van der Waals surface area contributed by atoms with Gasteiger partial charge in [0.25, 0.3) is 0 Å². The zero-order chi connectivity index (χ0) is 28.2. The maximum atomic E-state index is 13.1. The number of rotatable bonds is 1. The van der Waals surface area contributed by atoms with Crippen molar-refractivity contribution in [1.29, 1.82) is 0 Å². The summed E-state index contributed by atoms with van der Waals surface area (Å²) in [5, 5.41) is 31.8. The first-order valence-corrected chi connectivity index (χ1v) is 13.8. The first kappa shape index (κ1) is 28.4. The van der Waals surface area contributed by atoms with Gasteiger partial charge in [-0.25, -0.2) is 9.59 Å². The highest BCUT2D eigenvalue weighted by Crippen LogP contribution is 2.72. The molecular weight excluding hydrogens is 508 g/mol. The molecule has 2 spiro atoms. The van der Waals surface area contributed by atoms with E-state index in [0.29, 0.717) is 19.4 Å². The standard InChI is InChI=1S/C29H40O10/c1-16-9-10-35-20(18(3)30)7-5-6-8-24(32)39-21-12-23-29(15-37-29)27(21,4)28(14-36-26(34)25(16)33)13-19(31)17(2)11-22(28)38-23/h5-8,11,16,18-23,25,30-31,33H,9-10,12-15H2,1-4H3/b7-5+,8-6-/t16-,18+,19-,20-,21-,22-,23-,25-,27-,28-,29+/m1/s1.